The number of nitrogens with zero attached hydrogens (tertiary/aromatic N) is 4. The molecule has 1 aliphatic carbocycles. The van der Waals surface area contributed by atoms with Gasteiger partial charge >= 0.3 is 0 Å². The highest BCUT2D eigenvalue weighted by molar-refractivity contribution is 5.96. The number of para-hydroxylation sites is 1. The summed E-state index contributed by atoms with van der Waals surface area (Å²) in [6.07, 6.45) is 4.48. The van der Waals surface area contributed by atoms with Crippen molar-refractivity contribution in [1.29, 1.82) is 0 Å². The normalized spacial score (nSPS) is 18.3. The number of furan rings is 1. The van der Waals surface area contributed by atoms with Crippen molar-refractivity contribution in [2.24, 2.45) is 0 Å². The first-order valence-corrected chi connectivity index (χ1v) is 7.97. The molecule has 1 saturated carbocycles. The predicted molar refractivity (Wildman–Crippen MR) is 83.2 cm³/mol. The number of benzene rings is 1. The first-order valence-electron chi connectivity index (χ1n) is 7.97. The van der Waals surface area contributed by atoms with Gasteiger partial charge in [-0.05, 0) is 25.0 Å². The van der Waals surface area contributed by atoms with Crippen LogP contribution >= 0.6 is 0 Å². The van der Waals surface area contributed by atoms with Crippen LogP contribution in [-0.2, 0) is 0 Å². The molecule has 1 aromatic carbocycles. The molecule has 3 aromatic rings. The first kappa shape index (κ1) is 12.9. The van der Waals surface area contributed by atoms with Crippen LogP contribution < -0.4 is 0 Å². The molecule has 3 heterocycles. The standard InChI is InChI=1S/C17H16N4O2/c22-17(16-7-12-3-1-2-4-15(12)23-16)20-8-13(9-20)21-10-14(18-19-21)11-5-6-11/h1-4,7,10-11,13H,5-6,8-9H2. The number of rotatable bonds is 3. The molecular weight excluding hydrogens is 292 g/mol. The van der Waals surface area contributed by atoms with E-state index >= 15 is 0 Å². The minimum Gasteiger partial charge on any atom is -0.451 e. The van der Waals surface area contributed by atoms with Crippen molar-refractivity contribution < 1.29 is 9.21 Å². The smallest absolute Gasteiger partial charge is 0.289 e. The Morgan fingerprint density at radius 3 is 2.83 bits per heavy atom. The van der Waals surface area contributed by atoms with Crippen LogP contribution in [0.3, 0.4) is 0 Å². The third kappa shape index (κ3) is 2.13. The maximum absolute atomic E-state index is 12.5. The Bertz CT molecular complexity index is 854. The largest absolute Gasteiger partial charge is 0.451 e. The molecule has 0 bridgehead atoms. The summed E-state index contributed by atoms with van der Waals surface area (Å²) in [6.45, 7) is 1.31. The predicted octanol–water partition coefficient (Wildman–Crippen LogP) is 2.60. The summed E-state index contributed by atoms with van der Waals surface area (Å²) in [6, 6.07) is 9.70. The SMILES string of the molecule is O=C(c1cc2ccccc2o1)N1CC(n2cc(C3CC3)nn2)C1. The second-order valence-electron chi connectivity index (χ2n) is 6.41. The van der Waals surface area contributed by atoms with Crippen LogP contribution in [-0.4, -0.2) is 38.9 Å². The molecule has 2 aromatic heterocycles. The lowest BCUT2D eigenvalue weighted by Gasteiger charge is -2.38. The molecule has 0 unspecified atom stereocenters. The molecule has 0 N–H and O–H groups in total. The van der Waals surface area contributed by atoms with Crippen molar-refractivity contribution >= 4 is 16.9 Å². The van der Waals surface area contributed by atoms with Gasteiger partial charge in [-0.2, -0.15) is 0 Å². The minimum absolute atomic E-state index is 0.0556. The molecule has 116 valence electrons. The molecule has 1 aliphatic heterocycles. The number of fused-ring (bicyclic) bond motifs is 1. The zero-order valence-corrected chi connectivity index (χ0v) is 12.6. The Kier molecular flexibility index (Phi) is 2.62. The van der Waals surface area contributed by atoms with Gasteiger partial charge in [-0.3, -0.25) is 4.79 Å². The molecule has 1 amide bonds. The van der Waals surface area contributed by atoms with Crippen molar-refractivity contribution in [2.45, 2.75) is 24.8 Å². The summed E-state index contributed by atoms with van der Waals surface area (Å²) in [7, 11) is 0. The number of hydrogen-bond acceptors (Lipinski definition) is 4. The summed E-state index contributed by atoms with van der Waals surface area (Å²) in [4.78, 5) is 14.3. The lowest BCUT2D eigenvalue weighted by atomic mass is 10.1. The Balaban J connectivity index is 1.29. The molecular formula is C17H16N4O2. The van der Waals surface area contributed by atoms with Gasteiger partial charge in [-0.1, -0.05) is 23.4 Å². The van der Waals surface area contributed by atoms with E-state index < -0.39 is 0 Å². The lowest BCUT2D eigenvalue weighted by molar-refractivity contribution is 0.0469. The fraction of sp³-hybridized carbons (Fsp3) is 0.353. The number of carbonyl (C=O) groups excluding carboxylic acids is 1. The zero-order chi connectivity index (χ0) is 15.4. The molecule has 5 rings (SSSR count). The molecule has 0 atom stereocenters. The van der Waals surface area contributed by atoms with Gasteiger partial charge in [0.25, 0.3) is 5.91 Å². The van der Waals surface area contributed by atoms with Gasteiger partial charge in [0, 0.05) is 30.6 Å². The average molecular weight is 308 g/mol. The van der Waals surface area contributed by atoms with Gasteiger partial charge in [0.1, 0.15) is 5.58 Å². The Morgan fingerprint density at radius 2 is 2.04 bits per heavy atom. The van der Waals surface area contributed by atoms with Crippen LogP contribution in [0.25, 0.3) is 11.0 Å². The van der Waals surface area contributed by atoms with Crippen molar-refractivity contribution in [3.05, 3.63) is 48.0 Å². The third-order valence-electron chi connectivity index (χ3n) is 4.68. The quantitative estimate of drug-likeness (QED) is 0.746. The van der Waals surface area contributed by atoms with E-state index in [1.54, 1.807) is 4.90 Å². The highest BCUT2D eigenvalue weighted by Gasteiger charge is 2.35. The van der Waals surface area contributed by atoms with Gasteiger partial charge in [0.05, 0.1) is 11.7 Å². The summed E-state index contributed by atoms with van der Waals surface area (Å²) < 4.78 is 7.54. The Hall–Kier alpha value is -2.63. The van der Waals surface area contributed by atoms with Gasteiger partial charge in [-0.15, -0.1) is 5.10 Å². The molecule has 1 saturated heterocycles. The zero-order valence-electron chi connectivity index (χ0n) is 12.6. The van der Waals surface area contributed by atoms with E-state index in [9.17, 15) is 4.79 Å². The number of likely N-dealkylation sites (tertiary alicyclic amines) is 1. The average Bonchev–Trinajstić information content (AvgIpc) is 3.10. The summed E-state index contributed by atoms with van der Waals surface area (Å²) in [5.74, 6) is 0.957. The van der Waals surface area contributed by atoms with Gasteiger partial charge in [0.2, 0.25) is 0 Å². The van der Waals surface area contributed by atoms with E-state index in [-0.39, 0.29) is 11.9 Å². The Morgan fingerprint density at radius 1 is 1.22 bits per heavy atom. The van der Waals surface area contributed by atoms with Crippen molar-refractivity contribution in [3.63, 3.8) is 0 Å². The van der Waals surface area contributed by atoms with Crippen LogP contribution in [0, 0.1) is 0 Å². The van der Waals surface area contributed by atoms with Crippen LogP contribution in [0.1, 0.15) is 41.1 Å². The maximum atomic E-state index is 12.5. The molecule has 6 nitrogen and oxygen atoms in total. The molecule has 6 heteroatoms. The van der Waals surface area contributed by atoms with E-state index in [1.807, 2.05) is 41.2 Å². The van der Waals surface area contributed by atoms with E-state index in [0.29, 0.717) is 24.8 Å². The monoisotopic (exact) mass is 308 g/mol. The number of hydrogen-bond donors (Lipinski definition) is 0. The second kappa shape index (κ2) is 4.68. The van der Waals surface area contributed by atoms with Crippen molar-refractivity contribution in [2.75, 3.05) is 13.1 Å². The number of amides is 1. The molecule has 2 aliphatic rings. The maximum Gasteiger partial charge on any atom is 0.289 e. The van der Waals surface area contributed by atoms with Crippen LogP contribution in [0.15, 0.2) is 40.9 Å². The highest BCUT2D eigenvalue weighted by Crippen LogP contribution is 2.39. The minimum atomic E-state index is -0.0556. The topological polar surface area (TPSA) is 64.2 Å². The number of carbonyl (C=O) groups is 1. The van der Waals surface area contributed by atoms with Crippen molar-refractivity contribution in [1.82, 2.24) is 19.9 Å². The van der Waals surface area contributed by atoms with Crippen LogP contribution in [0.4, 0.5) is 0 Å². The van der Waals surface area contributed by atoms with Gasteiger partial charge in [-0.25, -0.2) is 4.68 Å². The Labute approximate surface area is 132 Å². The first-order chi connectivity index (χ1) is 11.3. The van der Waals surface area contributed by atoms with Crippen molar-refractivity contribution in [3.8, 4) is 0 Å². The van der Waals surface area contributed by atoms with E-state index in [0.717, 1.165) is 16.7 Å². The molecule has 0 radical (unpaired) electrons. The van der Waals surface area contributed by atoms with E-state index in [4.69, 9.17) is 4.42 Å². The van der Waals surface area contributed by atoms with E-state index in [1.165, 1.54) is 12.8 Å². The second-order valence-corrected chi connectivity index (χ2v) is 6.41. The van der Waals surface area contributed by atoms with E-state index in [2.05, 4.69) is 10.3 Å². The third-order valence-corrected chi connectivity index (χ3v) is 4.68. The fourth-order valence-electron chi connectivity index (χ4n) is 3.07. The fourth-order valence-corrected chi connectivity index (χ4v) is 3.07. The van der Waals surface area contributed by atoms with Gasteiger partial charge in [0.15, 0.2) is 5.76 Å². The van der Waals surface area contributed by atoms with Gasteiger partial charge < -0.3 is 9.32 Å². The lowest BCUT2D eigenvalue weighted by Crippen LogP contribution is -2.50. The highest BCUT2D eigenvalue weighted by atomic mass is 16.3. The summed E-state index contributed by atoms with van der Waals surface area (Å²) in [5.41, 5.74) is 1.84. The molecule has 23 heavy (non-hydrogen) atoms. The molecule has 0 spiro atoms. The van der Waals surface area contributed by atoms with Crippen LogP contribution in [0.5, 0.6) is 0 Å². The molecule has 2 fully saturated rings. The van der Waals surface area contributed by atoms with Crippen LogP contribution in [0.2, 0.25) is 0 Å². The summed E-state index contributed by atoms with van der Waals surface area (Å²) >= 11 is 0. The summed E-state index contributed by atoms with van der Waals surface area (Å²) in [5, 5.41) is 9.39. The number of aromatic nitrogens is 3.